The summed E-state index contributed by atoms with van der Waals surface area (Å²) >= 11 is 0. The number of carbonyl (C=O) groups excluding carboxylic acids is 1. The van der Waals surface area contributed by atoms with Gasteiger partial charge in [0.2, 0.25) is 5.91 Å². The number of hydrogen-bond donors (Lipinski definition) is 2. The van der Waals surface area contributed by atoms with Crippen LogP contribution in [0.1, 0.15) is 28.8 Å². The Morgan fingerprint density at radius 3 is 2.52 bits per heavy atom. The zero-order valence-electron chi connectivity index (χ0n) is 17.0. The molecule has 0 radical (unpaired) electrons. The van der Waals surface area contributed by atoms with Crippen LogP contribution in [-0.4, -0.2) is 33.1 Å². The van der Waals surface area contributed by atoms with Gasteiger partial charge in [0.25, 0.3) is 0 Å². The number of nitrogens with two attached hydrogens (primary N) is 1. The van der Waals surface area contributed by atoms with E-state index in [1.165, 1.54) is 11.8 Å². The quantitative estimate of drug-likeness (QED) is 0.403. The molecule has 0 aliphatic carbocycles. The van der Waals surface area contributed by atoms with Gasteiger partial charge in [-0.15, -0.1) is 0 Å². The van der Waals surface area contributed by atoms with Gasteiger partial charge in [0.1, 0.15) is 5.75 Å². The van der Waals surface area contributed by atoms with Gasteiger partial charge in [-0.1, -0.05) is 36.4 Å². The second-order valence-corrected chi connectivity index (χ2v) is 7.37. The van der Waals surface area contributed by atoms with Crippen molar-refractivity contribution in [1.82, 2.24) is 9.55 Å². The number of amides is 1. The third-order valence-corrected chi connectivity index (χ3v) is 5.32. The average Bonchev–Trinajstić information content (AvgIpc) is 3.10. The van der Waals surface area contributed by atoms with Gasteiger partial charge in [-0.2, -0.15) is 0 Å². The number of aryl methyl sites for hydroxylation is 2. The van der Waals surface area contributed by atoms with Crippen LogP contribution in [0.3, 0.4) is 0 Å². The summed E-state index contributed by atoms with van der Waals surface area (Å²) in [6.07, 6.45) is 6.10. The van der Waals surface area contributed by atoms with E-state index in [0.29, 0.717) is 22.1 Å². The summed E-state index contributed by atoms with van der Waals surface area (Å²) < 4.78 is 7.59. The van der Waals surface area contributed by atoms with Crippen molar-refractivity contribution in [1.29, 1.82) is 0 Å². The molecule has 158 valence electrons. The molecule has 0 spiro atoms. The molecule has 0 atom stereocenters. The monoisotopic (exact) mass is 417 g/mol. The fourth-order valence-corrected chi connectivity index (χ4v) is 3.98. The van der Waals surface area contributed by atoms with Crippen molar-refractivity contribution in [2.75, 3.05) is 6.61 Å². The van der Waals surface area contributed by atoms with E-state index >= 15 is 0 Å². The molecule has 2 heterocycles. The summed E-state index contributed by atoms with van der Waals surface area (Å²) in [6.45, 7) is 0.225. The molecule has 7 nitrogen and oxygen atoms in total. The highest BCUT2D eigenvalue weighted by Gasteiger charge is 2.20. The van der Waals surface area contributed by atoms with Crippen molar-refractivity contribution in [2.45, 2.75) is 25.8 Å². The number of carboxylic acid groups (broad SMARTS) is 1. The molecule has 0 aliphatic heterocycles. The van der Waals surface area contributed by atoms with Crippen LogP contribution >= 0.6 is 0 Å². The van der Waals surface area contributed by atoms with Crippen molar-refractivity contribution in [3.05, 3.63) is 72.1 Å². The zero-order chi connectivity index (χ0) is 21.8. The first-order valence-electron chi connectivity index (χ1n) is 10.1. The fourth-order valence-electron chi connectivity index (χ4n) is 3.98. The Labute approximate surface area is 179 Å². The molecule has 0 unspecified atom stereocenters. The van der Waals surface area contributed by atoms with Crippen LogP contribution < -0.4 is 10.5 Å². The number of aromatic nitrogens is 2. The molecule has 3 N–H and O–H groups in total. The molecule has 1 amide bonds. The van der Waals surface area contributed by atoms with Gasteiger partial charge in [-0.25, -0.2) is 4.79 Å². The standard InChI is InChI=1S/C24H23N3O4/c25-24(30)17-10-6-11-18-22(17)23-19(13-26-14-20(23)31-15-21(28)29)27(18)12-5-4-9-16-7-2-1-3-8-16/h1-3,6-8,10-11,13-14H,4-5,9,12,15H2,(H2,25,30)(H,28,29). The summed E-state index contributed by atoms with van der Waals surface area (Å²) in [4.78, 5) is 27.4. The number of benzene rings is 2. The molecule has 0 fully saturated rings. The molecule has 4 rings (SSSR count). The van der Waals surface area contributed by atoms with Crippen LogP contribution in [0.5, 0.6) is 5.75 Å². The number of carboxylic acids is 1. The zero-order valence-corrected chi connectivity index (χ0v) is 17.0. The number of fused-ring (bicyclic) bond motifs is 3. The number of carbonyl (C=O) groups is 2. The Morgan fingerprint density at radius 2 is 1.77 bits per heavy atom. The molecular formula is C24H23N3O4. The highest BCUT2D eigenvalue weighted by atomic mass is 16.5. The lowest BCUT2D eigenvalue weighted by atomic mass is 10.1. The smallest absolute Gasteiger partial charge is 0.341 e. The van der Waals surface area contributed by atoms with Crippen LogP contribution in [0.4, 0.5) is 0 Å². The van der Waals surface area contributed by atoms with Crippen LogP contribution in [0.15, 0.2) is 60.9 Å². The van der Waals surface area contributed by atoms with Crippen LogP contribution in [0.2, 0.25) is 0 Å². The minimum absolute atomic E-state index is 0.321. The van der Waals surface area contributed by atoms with Gasteiger partial charge in [0, 0.05) is 17.5 Å². The van der Waals surface area contributed by atoms with Gasteiger partial charge in [0.15, 0.2) is 6.61 Å². The van der Waals surface area contributed by atoms with Crippen molar-refractivity contribution in [2.24, 2.45) is 5.73 Å². The SMILES string of the molecule is NC(=O)c1cccc2c1c1c(OCC(=O)O)cncc1n2CCCCc1ccccc1. The van der Waals surface area contributed by atoms with E-state index in [9.17, 15) is 9.59 Å². The Morgan fingerprint density at radius 1 is 0.968 bits per heavy atom. The first-order chi connectivity index (χ1) is 15.1. The van der Waals surface area contributed by atoms with E-state index in [1.807, 2.05) is 24.3 Å². The Kier molecular flexibility index (Phi) is 5.84. The molecular weight excluding hydrogens is 394 g/mol. The predicted molar refractivity (Wildman–Crippen MR) is 118 cm³/mol. The number of unbranched alkanes of at least 4 members (excludes halogenated alkanes) is 1. The lowest BCUT2D eigenvalue weighted by molar-refractivity contribution is -0.139. The van der Waals surface area contributed by atoms with Crippen molar-refractivity contribution < 1.29 is 19.4 Å². The lowest BCUT2D eigenvalue weighted by Gasteiger charge is -2.08. The number of primary amides is 1. The second kappa shape index (κ2) is 8.87. The summed E-state index contributed by atoms with van der Waals surface area (Å²) in [6, 6.07) is 15.7. The minimum atomic E-state index is -1.09. The fraction of sp³-hybridized carbons (Fsp3) is 0.208. The van der Waals surface area contributed by atoms with E-state index in [0.717, 1.165) is 36.8 Å². The normalized spacial score (nSPS) is 11.1. The van der Waals surface area contributed by atoms with Gasteiger partial charge in [0.05, 0.1) is 28.8 Å². The van der Waals surface area contributed by atoms with Gasteiger partial charge < -0.3 is 20.1 Å². The molecule has 0 aliphatic rings. The number of hydrogen-bond acceptors (Lipinski definition) is 4. The number of pyridine rings is 1. The van der Waals surface area contributed by atoms with Crippen LogP contribution in [0.25, 0.3) is 21.8 Å². The first-order valence-corrected chi connectivity index (χ1v) is 10.1. The predicted octanol–water partition coefficient (Wildman–Crippen LogP) is 3.77. The molecule has 0 saturated carbocycles. The summed E-state index contributed by atoms with van der Waals surface area (Å²) in [7, 11) is 0. The topological polar surface area (TPSA) is 107 Å². The molecule has 0 bridgehead atoms. The largest absolute Gasteiger partial charge is 0.480 e. The van der Waals surface area contributed by atoms with E-state index < -0.39 is 18.5 Å². The van der Waals surface area contributed by atoms with Gasteiger partial charge >= 0.3 is 5.97 Å². The number of rotatable bonds is 9. The highest BCUT2D eigenvalue weighted by Crippen LogP contribution is 2.37. The van der Waals surface area contributed by atoms with E-state index in [1.54, 1.807) is 18.3 Å². The van der Waals surface area contributed by atoms with Crippen molar-refractivity contribution in [3.63, 3.8) is 0 Å². The minimum Gasteiger partial charge on any atom is -0.480 e. The molecule has 2 aromatic heterocycles. The highest BCUT2D eigenvalue weighted by molar-refractivity contribution is 6.19. The molecule has 7 heteroatoms. The molecule has 31 heavy (non-hydrogen) atoms. The summed E-state index contributed by atoms with van der Waals surface area (Å²) in [5.74, 6) is -1.31. The first kappa shape index (κ1) is 20.4. The maximum absolute atomic E-state index is 12.1. The van der Waals surface area contributed by atoms with E-state index in [4.69, 9.17) is 15.6 Å². The van der Waals surface area contributed by atoms with Crippen LogP contribution in [0, 0.1) is 0 Å². The summed E-state index contributed by atoms with van der Waals surface area (Å²) in [5.41, 5.74) is 8.94. The van der Waals surface area contributed by atoms with Gasteiger partial charge in [-0.05, 0) is 37.0 Å². The number of aliphatic carboxylic acids is 1. The van der Waals surface area contributed by atoms with Gasteiger partial charge in [-0.3, -0.25) is 9.78 Å². The molecule has 2 aromatic carbocycles. The Balaban J connectivity index is 1.73. The lowest BCUT2D eigenvalue weighted by Crippen LogP contribution is -2.11. The van der Waals surface area contributed by atoms with Crippen molar-refractivity contribution in [3.8, 4) is 5.75 Å². The van der Waals surface area contributed by atoms with Crippen LogP contribution in [-0.2, 0) is 17.8 Å². The Hall–Kier alpha value is -3.87. The number of nitrogens with zero attached hydrogens (tertiary/aromatic N) is 2. The average molecular weight is 417 g/mol. The second-order valence-electron chi connectivity index (χ2n) is 7.37. The van der Waals surface area contributed by atoms with Crippen molar-refractivity contribution >= 4 is 33.7 Å². The third kappa shape index (κ3) is 4.21. The molecule has 0 saturated heterocycles. The maximum Gasteiger partial charge on any atom is 0.341 e. The number of ether oxygens (including phenoxy) is 1. The molecule has 4 aromatic rings. The summed E-state index contributed by atoms with van der Waals surface area (Å²) in [5, 5.41) is 10.3. The third-order valence-electron chi connectivity index (χ3n) is 5.32. The Bertz CT molecular complexity index is 1250. The maximum atomic E-state index is 12.1. The van der Waals surface area contributed by atoms with E-state index in [2.05, 4.69) is 21.7 Å². The van der Waals surface area contributed by atoms with E-state index in [-0.39, 0.29) is 0 Å².